The Morgan fingerprint density at radius 1 is 1.62 bits per heavy atom. The van der Waals surface area contributed by atoms with Gasteiger partial charge in [0.25, 0.3) is 6.73 Å². The molecule has 76 valence electrons. The highest BCUT2D eigenvalue weighted by Crippen LogP contribution is 1.88. The number of rotatable bonds is 5. The Kier molecular flexibility index (Phi) is 5.79. The van der Waals surface area contributed by atoms with Crippen molar-refractivity contribution in [3.63, 3.8) is 0 Å². The smallest absolute Gasteiger partial charge is 0.304 e. The molecule has 6 nitrogen and oxygen atoms in total. The van der Waals surface area contributed by atoms with Crippen molar-refractivity contribution >= 4 is 5.97 Å². The van der Waals surface area contributed by atoms with Crippen molar-refractivity contribution in [1.29, 1.82) is 0 Å². The van der Waals surface area contributed by atoms with Crippen LogP contribution in [-0.4, -0.2) is 30.4 Å². The monoisotopic (exact) mass is 190 g/mol. The SMILES string of the molecule is CC(=O)OCOC/[N+]([O-])=N/C(C)C. The average molecular weight is 190 g/mol. The number of carbonyl (C=O) groups is 1. The van der Waals surface area contributed by atoms with Crippen LogP contribution in [0, 0.1) is 5.21 Å². The van der Waals surface area contributed by atoms with Crippen LogP contribution in [0.25, 0.3) is 0 Å². The van der Waals surface area contributed by atoms with Gasteiger partial charge < -0.3 is 9.94 Å². The summed E-state index contributed by atoms with van der Waals surface area (Å²) >= 11 is 0. The normalized spacial score (nSPS) is 11.8. The van der Waals surface area contributed by atoms with Crippen LogP contribution in [0.15, 0.2) is 5.11 Å². The molecule has 0 aliphatic rings. The molecule has 0 aliphatic carbocycles. The van der Waals surface area contributed by atoms with Crippen LogP contribution in [0.4, 0.5) is 0 Å². The summed E-state index contributed by atoms with van der Waals surface area (Å²) < 4.78 is 9.11. The van der Waals surface area contributed by atoms with Gasteiger partial charge in [-0.15, -0.1) is 0 Å². The number of hydrogen-bond donors (Lipinski definition) is 0. The van der Waals surface area contributed by atoms with E-state index in [1.807, 2.05) is 0 Å². The second-order valence-electron chi connectivity index (χ2n) is 2.65. The van der Waals surface area contributed by atoms with Crippen LogP contribution in [0.2, 0.25) is 0 Å². The molecular weight excluding hydrogens is 176 g/mol. The van der Waals surface area contributed by atoms with E-state index in [0.717, 1.165) is 0 Å². The van der Waals surface area contributed by atoms with Crippen LogP contribution in [-0.2, 0) is 14.3 Å². The van der Waals surface area contributed by atoms with Gasteiger partial charge in [-0.05, 0) is 19.0 Å². The van der Waals surface area contributed by atoms with E-state index >= 15 is 0 Å². The summed E-state index contributed by atoms with van der Waals surface area (Å²) in [6.45, 7) is 4.36. The van der Waals surface area contributed by atoms with Gasteiger partial charge in [0.1, 0.15) is 6.04 Å². The van der Waals surface area contributed by atoms with E-state index in [-0.39, 0.29) is 19.6 Å². The van der Waals surface area contributed by atoms with Gasteiger partial charge in [0.05, 0.1) is 0 Å². The molecule has 6 heteroatoms. The lowest BCUT2D eigenvalue weighted by atomic mass is 10.4. The highest BCUT2D eigenvalue weighted by atomic mass is 16.7. The third-order valence-electron chi connectivity index (χ3n) is 0.907. The number of azo groups is 1. The number of hydrogen-bond acceptors (Lipinski definition) is 5. The quantitative estimate of drug-likeness (QED) is 0.161. The summed E-state index contributed by atoms with van der Waals surface area (Å²) in [6.07, 6.45) is 0. The first-order chi connectivity index (χ1) is 6.02. The largest absolute Gasteiger partial charge is 0.598 e. The number of hydroxylamine groups is 1. The van der Waals surface area contributed by atoms with Gasteiger partial charge >= 0.3 is 5.97 Å². The molecule has 0 N–H and O–H groups in total. The lowest BCUT2D eigenvalue weighted by Gasteiger charge is -2.03. The summed E-state index contributed by atoms with van der Waals surface area (Å²) in [5, 5.41) is 14.4. The van der Waals surface area contributed by atoms with Crippen LogP contribution >= 0.6 is 0 Å². The first kappa shape index (κ1) is 11.8. The fourth-order valence-electron chi connectivity index (χ4n) is 0.531. The molecule has 0 aromatic heterocycles. The molecule has 0 saturated heterocycles. The molecular formula is C7H14N2O4. The second kappa shape index (κ2) is 6.36. The van der Waals surface area contributed by atoms with E-state index in [0.29, 0.717) is 4.86 Å². The van der Waals surface area contributed by atoms with Crippen LogP contribution in [0.1, 0.15) is 20.8 Å². The highest BCUT2D eigenvalue weighted by Gasteiger charge is 1.99. The molecule has 0 heterocycles. The van der Waals surface area contributed by atoms with Crippen molar-refractivity contribution in [3.05, 3.63) is 5.21 Å². The van der Waals surface area contributed by atoms with Gasteiger partial charge in [0, 0.05) is 6.92 Å². The van der Waals surface area contributed by atoms with Gasteiger partial charge in [-0.3, -0.25) is 9.53 Å². The zero-order chi connectivity index (χ0) is 10.3. The maximum atomic E-state index is 10.8. The zero-order valence-corrected chi connectivity index (χ0v) is 8.02. The molecule has 0 atom stereocenters. The maximum Gasteiger partial charge on any atom is 0.304 e. The molecule has 0 saturated carbocycles. The summed E-state index contributed by atoms with van der Waals surface area (Å²) in [6, 6.07) is -0.0742. The van der Waals surface area contributed by atoms with Gasteiger partial charge in [-0.2, -0.15) is 0 Å². The number of nitrogens with zero attached hydrogens (tertiary/aromatic N) is 2. The molecule has 0 spiro atoms. The summed E-state index contributed by atoms with van der Waals surface area (Å²) in [5.41, 5.74) is 0. The first-order valence-electron chi connectivity index (χ1n) is 3.89. The van der Waals surface area contributed by atoms with Crippen molar-refractivity contribution in [2.75, 3.05) is 13.5 Å². The molecule has 0 unspecified atom stereocenters. The standard InChI is InChI=1S/C7H14N2O4/c1-6(2)8-9(11)4-12-5-13-7(3)10/h6H,4-5H2,1-3H3/b9-8-. The van der Waals surface area contributed by atoms with Crippen molar-refractivity contribution in [1.82, 2.24) is 0 Å². The minimum atomic E-state index is -0.446. The minimum Gasteiger partial charge on any atom is -0.598 e. The number of carbonyl (C=O) groups excluding carboxylic acids is 1. The maximum absolute atomic E-state index is 10.8. The van der Waals surface area contributed by atoms with Gasteiger partial charge in [0.2, 0.25) is 0 Å². The molecule has 0 aliphatic heterocycles. The average Bonchev–Trinajstić information content (AvgIpc) is 1.96. The van der Waals surface area contributed by atoms with Crippen molar-refractivity contribution < 1.29 is 19.1 Å². The molecule has 0 amide bonds. The van der Waals surface area contributed by atoms with Gasteiger partial charge in [-0.1, -0.05) is 4.86 Å². The van der Waals surface area contributed by atoms with Crippen molar-refractivity contribution in [2.45, 2.75) is 26.8 Å². The van der Waals surface area contributed by atoms with E-state index in [4.69, 9.17) is 0 Å². The predicted octanol–water partition coefficient (Wildman–Crippen LogP) is 0.852. The molecule has 0 aromatic carbocycles. The highest BCUT2D eigenvalue weighted by molar-refractivity contribution is 5.65. The Balaban J connectivity index is 3.48. The fraction of sp³-hybridized carbons (Fsp3) is 0.857. The summed E-state index contributed by atoms with van der Waals surface area (Å²) in [7, 11) is 0. The third-order valence-corrected chi connectivity index (χ3v) is 0.907. The van der Waals surface area contributed by atoms with Gasteiger partial charge in [-0.25, -0.2) is 0 Å². The Hall–Kier alpha value is -1.17. The Labute approximate surface area is 76.7 Å². The molecule has 0 aromatic rings. The topological polar surface area (TPSA) is 74.0 Å². The van der Waals surface area contributed by atoms with E-state index in [1.165, 1.54) is 6.92 Å². The Bertz CT molecular complexity index is 191. The molecule has 13 heavy (non-hydrogen) atoms. The molecule has 0 radical (unpaired) electrons. The minimum absolute atomic E-state index is 0.0742. The third kappa shape index (κ3) is 8.74. The summed E-state index contributed by atoms with van der Waals surface area (Å²) in [5.74, 6) is -0.446. The molecule has 0 rings (SSSR count). The fourth-order valence-corrected chi connectivity index (χ4v) is 0.531. The van der Waals surface area contributed by atoms with E-state index < -0.39 is 5.97 Å². The summed E-state index contributed by atoms with van der Waals surface area (Å²) in [4.78, 5) is 10.7. The van der Waals surface area contributed by atoms with Crippen molar-refractivity contribution in [3.8, 4) is 0 Å². The van der Waals surface area contributed by atoms with Crippen molar-refractivity contribution in [2.24, 2.45) is 5.11 Å². The number of ether oxygens (including phenoxy) is 2. The lowest BCUT2D eigenvalue weighted by molar-refractivity contribution is -0.575. The van der Waals surface area contributed by atoms with Crippen LogP contribution < -0.4 is 0 Å². The molecule has 0 fully saturated rings. The number of esters is 1. The molecule has 0 bridgehead atoms. The van der Waals surface area contributed by atoms with Gasteiger partial charge in [0.15, 0.2) is 6.79 Å². The predicted molar refractivity (Wildman–Crippen MR) is 43.8 cm³/mol. The lowest BCUT2D eigenvalue weighted by Crippen LogP contribution is -2.13. The Morgan fingerprint density at radius 2 is 2.23 bits per heavy atom. The zero-order valence-electron chi connectivity index (χ0n) is 8.02. The first-order valence-corrected chi connectivity index (χ1v) is 3.89. The second-order valence-corrected chi connectivity index (χ2v) is 2.65. The Morgan fingerprint density at radius 3 is 2.69 bits per heavy atom. The van der Waals surface area contributed by atoms with E-state index in [2.05, 4.69) is 14.6 Å². The van der Waals surface area contributed by atoms with Crippen LogP contribution in [0.5, 0.6) is 0 Å². The van der Waals surface area contributed by atoms with E-state index in [1.54, 1.807) is 13.8 Å². The van der Waals surface area contributed by atoms with Crippen LogP contribution in [0.3, 0.4) is 0 Å². The van der Waals surface area contributed by atoms with E-state index in [9.17, 15) is 10.0 Å².